The van der Waals surface area contributed by atoms with E-state index in [9.17, 15) is 14.7 Å². The summed E-state index contributed by atoms with van der Waals surface area (Å²) in [5.41, 5.74) is 10.4. The van der Waals surface area contributed by atoms with Crippen molar-refractivity contribution in [2.75, 3.05) is 13.1 Å². The number of carboxylic acids is 1. The van der Waals surface area contributed by atoms with Crippen LogP contribution in [0, 0.1) is 11.8 Å². The standard InChI is InChI=1S/C14H28BN3O5/c1-3-9(2)11(16)12(19)18-7-10(4-5-15(22)23)6-14(17,8-18)13(20)21/h9-11,22-23H,3-8,16-17H2,1-2H3,(H,20,21)/t9-,10-,11-,14+/m0/s1. The lowest BCUT2D eigenvalue weighted by molar-refractivity contribution is -0.150. The Kier molecular flexibility index (Phi) is 7.00. The van der Waals surface area contributed by atoms with Crippen molar-refractivity contribution in [2.45, 2.75) is 51.0 Å². The largest absolute Gasteiger partial charge is 0.480 e. The van der Waals surface area contributed by atoms with Crippen LogP contribution >= 0.6 is 0 Å². The molecular weight excluding hydrogens is 301 g/mol. The minimum atomic E-state index is -1.53. The van der Waals surface area contributed by atoms with Crippen LogP contribution in [-0.4, -0.2) is 63.7 Å². The van der Waals surface area contributed by atoms with Gasteiger partial charge in [0.25, 0.3) is 0 Å². The molecule has 1 saturated heterocycles. The zero-order chi connectivity index (χ0) is 17.8. The summed E-state index contributed by atoms with van der Waals surface area (Å²) in [6.07, 6.45) is 1.43. The molecule has 23 heavy (non-hydrogen) atoms. The molecule has 0 saturated carbocycles. The summed E-state index contributed by atoms with van der Waals surface area (Å²) in [7, 11) is -1.46. The molecule has 7 N–H and O–H groups in total. The highest BCUT2D eigenvalue weighted by Crippen LogP contribution is 2.28. The minimum absolute atomic E-state index is 0.0147. The van der Waals surface area contributed by atoms with Crippen LogP contribution in [0.5, 0.6) is 0 Å². The van der Waals surface area contributed by atoms with Crippen LogP contribution in [0.3, 0.4) is 0 Å². The first-order valence-corrected chi connectivity index (χ1v) is 8.03. The summed E-state index contributed by atoms with van der Waals surface area (Å²) >= 11 is 0. The third-order valence-electron chi connectivity index (χ3n) is 4.72. The lowest BCUT2D eigenvalue weighted by atomic mass is 9.75. The minimum Gasteiger partial charge on any atom is -0.480 e. The molecule has 0 aromatic rings. The predicted molar refractivity (Wildman–Crippen MR) is 86.3 cm³/mol. The Bertz CT molecular complexity index is 437. The number of carboxylic acid groups (broad SMARTS) is 1. The van der Waals surface area contributed by atoms with Gasteiger partial charge in [-0.25, -0.2) is 0 Å². The molecule has 1 fully saturated rings. The fourth-order valence-electron chi connectivity index (χ4n) is 2.97. The summed E-state index contributed by atoms with van der Waals surface area (Å²) < 4.78 is 0. The molecular formula is C14H28BN3O5. The Morgan fingerprint density at radius 3 is 2.52 bits per heavy atom. The second kappa shape index (κ2) is 8.10. The molecule has 0 aliphatic carbocycles. The van der Waals surface area contributed by atoms with E-state index in [1.807, 2.05) is 13.8 Å². The van der Waals surface area contributed by atoms with Crippen molar-refractivity contribution < 1.29 is 24.7 Å². The highest BCUT2D eigenvalue weighted by atomic mass is 16.4. The van der Waals surface area contributed by atoms with Crippen molar-refractivity contribution in [3.8, 4) is 0 Å². The fourth-order valence-corrected chi connectivity index (χ4v) is 2.97. The van der Waals surface area contributed by atoms with Gasteiger partial charge >= 0.3 is 13.1 Å². The highest BCUT2D eigenvalue weighted by molar-refractivity contribution is 6.40. The molecule has 0 aromatic heterocycles. The summed E-state index contributed by atoms with van der Waals surface area (Å²) in [4.78, 5) is 25.5. The number of likely N-dealkylation sites (tertiary alicyclic amines) is 1. The maximum absolute atomic E-state index is 12.5. The number of amides is 1. The van der Waals surface area contributed by atoms with Gasteiger partial charge in [0.2, 0.25) is 5.91 Å². The normalized spacial score (nSPS) is 27.4. The van der Waals surface area contributed by atoms with Crippen molar-refractivity contribution in [3.63, 3.8) is 0 Å². The predicted octanol–water partition coefficient (Wildman–Crippen LogP) is -1.15. The first-order valence-electron chi connectivity index (χ1n) is 8.03. The summed E-state index contributed by atoms with van der Waals surface area (Å²) in [6.45, 7) is 4.06. The van der Waals surface area contributed by atoms with Gasteiger partial charge in [-0.05, 0) is 24.6 Å². The van der Waals surface area contributed by atoms with Crippen molar-refractivity contribution in [3.05, 3.63) is 0 Å². The monoisotopic (exact) mass is 329 g/mol. The highest BCUT2D eigenvalue weighted by Gasteiger charge is 2.45. The van der Waals surface area contributed by atoms with Crippen LogP contribution < -0.4 is 11.5 Å². The number of hydrogen-bond acceptors (Lipinski definition) is 6. The Hall–Kier alpha value is -1.16. The van der Waals surface area contributed by atoms with E-state index in [2.05, 4.69) is 0 Å². The van der Waals surface area contributed by atoms with E-state index in [-0.39, 0.29) is 37.0 Å². The lowest BCUT2D eigenvalue weighted by Crippen LogP contribution is -2.64. The summed E-state index contributed by atoms with van der Waals surface area (Å²) in [5.74, 6) is -1.69. The molecule has 132 valence electrons. The van der Waals surface area contributed by atoms with Crippen molar-refractivity contribution in [1.29, 1.82) is 0 Å². The van der Waals surface area contributed by atoms with Gasteiger partial charge in [-0.1, -0.05) is 26.7 Å². The van der Waals surface area contributed by atoms with Crippen LogP contribution in [0.4, 0.5) is 0 Å². The Balaban J connectivity index is 2.88. The molecule has 1 rings (SSSR count). The molecule has 4 atom stereocenters. The van der Waals surface area contributed by atoms with Crippen LogP contribution in [0.2, 0.25) is 6.32 Å². The lowest BCUT2D eigenvalue weighted by Gasteiger charge is -2.43. The van der Waals surface area contributed by atoms with E-state index in [4.69, 9.17) is 21.5 Å². The van der Waals surface area contributed by atoms with Crippen molar-refractivity contribution in [2.24, 2.45) is 23.3 Å². The number of nitrogens with zero attached hydrogens (tertiary/aromatic N) is 1. The van der Waals surface area contributed by atoms with E-state index in [0.29, 0.717) is 13.0 Å². The molecule has 1 aliphatic heterocycles. The fraction of sp³-hybridized carbons (Fsp3) is 0.857. The van der Waals surface area contributed by atoms with Gasteiger partial charge < -0.3 is 31.5 Å². The zero-order valence-electron chi connectivity index (χ0n) is 13.8. The van der Waals surface area contributed by atoms with Gasteiger partial charge in [0, 0.05) is 13.1 Å². The first kappa shape index (κ1) is 19.9. The zero-order valence-corrected chi connectivity index (χ0v) is 13.8. The molecule has 0 spiro atoms. The van der Waals surface area contributed by atoms with E-state index in [1.165, 1.54) is 4.90 Å². The number of nitrogens with two attached hydrogens (primary N) is 2. The molecule has 1 heterocycles. The molecule has 9 heteroatoms. The summed E-state index contributed by atoms with van der Waals surface area (Å²) in [5, 5.41) is 27.4. The van der Waals surface area contributed by atoms with Gasteiger partial charge in [-0.3, -0.25) is 9.59 Å². The molecule has 0 radical (unpaired) electrons. The SMILES string of the molecule is CC[C@H](C)[C@H](N)C(=O)N1C[C@@H](CCB(O)O)C[C@](N)(C(=O)O)C1. The van der Waals surface area contributed by atoms with Crippen LogP contribution in [0.25, 0.3) is 0 Å². The third kappa shape index (κ3) is 5.17. The average Bonchev–Trinajstić information content (AvgIpc) is 2.50. The maximum Gasteiger partial charge on any atom is 0.451 e. The van der Waals surface area contributed by atoms with Crippen LogP contribution in [0.1, 0.15) is 33.1 Å². The molecule has 1 aliphatic rings. The topological polar surface area (TPSA) is 150 Å². The molecule has 0 unspecified atom stereocenters. The van der Waals surface area contributed by atoms with E-state index >= 15 is 0 Å². The number of piperidine rings is 1. The number of aliphatic carboxylic acids is 1. The first-order chi connectivity index (χ1) is 10.6. The van der Waals surface area contributed by atoms with Crippen LogP contribution in [0.15, 0.2) is 0 Å². The number of carbonyl (C=O) groups excluding carboxylic acids is 1. The Morgan fingerprint density at radius 1 is 1.43 bits per heavy atom. The molecule has 0 bridgehead atoms. The van der Waals surface area contributed by atoms with Gasteiger partial charge in [-0.2, -0.15) is 0 Å². The van der Waals surface area contributed by atoms with Gasteiger partial charge in [0.1, 0.15) is 5.54 Å². The van der Waals surface area contributed by atoms with E-state index in [1.54, 1.807) is 0 Å². The number of rotatable bonds is 7. The average molecular weight is 329 g/mol. The van der Waals surface area contributed by atoms with Crippen LogP contribution in [-0.2, 0) is 9.59 Å². The summed E-state index contributed by atoms with van der Waals surface area (Å²) in [6, 6.07) is -0.694. The number of carbonyl (C=O) groups is 2. The maximum atomic E-state index is 12.5. The smallest absolute Gasteiger partial charge is 0.451 e. The second-order valence-electron chi connectivity index (χ2n) is 6.72. The number of hydrogen-bond donors (Lipinski definition) is 5. The van der Waals surface area contributed by atoms with Gasteiger partial charge in [-0.15, -0.1) is 0 Å². The van der Waals surface area contributed by atoms with E-state index < -0.39 is 24.7 Å². The molecule has 1 amide bonds. The Labute approximate surface area is 137 Å². The molecule has 0 aromatic carbocycles. The van der Waals surface area contributed by atoms with E-state index in [0.717, 1.165) is 6.42 Å². The van der Waals surface area contributed by atoms with Gasteiger partial charge in [0.15, 0.2) is 0 Å². The van der Waals surface area contributed by atoms with Gasteiger partial charge in [0.05, 0.1) is 6.04 Å². The third-order valence-corrected chi connectivity index (χ3v) is 4.72. The quantitative estimate of drug-likeness (QED) is 0.370. The van der Waals surface area contributed by atoms with Crippen molar-refractivity contribution in [1.82, 2.24) is 4.90 Å². The molecule has 8 nitrogen and oxygen atoms in total. The van der Waals surface area contributed by atoms with Crippen molar-refractivity contribution >= 4 is 19.0 Å². The second-order valence-corrected chi connectivity index (χ2v) is 6.72. The Morgan fingerprint density at radius 2 is 2.04 bits per heavy atom.